The van der Waals surface area contributed by atoms with Crippen molar-refractivity contribution >= 4 is 11.7 Å². The van der Waals surface area contributed by atoms with Gasteiger partial charge in [-0.3, -0.25) is 14.6 Å². The van der Waals surface area contributed by atoms with Gasteiger partial charge < -0.3 is 15.7 Å². The molecule has 7 nitrogen and oxygen atoms in total. The molecular weight excluding hydrogens is 284 g/mol. The molecule has 2 amide bonds. The van der Waals surface area contributed by atoms with Crippen LogP contribution < -0.4 is 16.2 Å². The summed E-state index contributed by atoms with van der Waals surface area (Å²) in [6.45, 7) is 3.74. The maximum absolute atomic E-state index is 11.9. The number of carbonyl (C=O) groups is 1. The van der Waals surface area contributed by atoms with Crippen LogP contribution in [-0.2, 0) is 0 Å². The molecule has 1 aromatic carbocycles. The quantitative estimate of drug-likeness (QED) is 0.670. The summed E-state index contributed by atoms with van der Waals surface area (Å²) in [5, 5.41) is 17.2. The van der Waals surface area contributed by atoms with E-state index in [0.29, 0.717) is 5.69 Å². The second kappa shape index (κ2) is 6.95. The number of urea groups is 1. The van der Waals surface area contributed by atoms with Gasteiger partial charge in [-0.25, -0.2) is 4.79 Å². The zero-order valence-electron chi connectivity index (χ0n) is 12.5. The highest BCUT2D eigenvalue weighted by Crippen LogP contribution is 2.12. The van der Waals surface area contributed by atoms with Crippen molar-refractivity contribution in [1.29, 1.82) is 0 Å². The Balaban J connectivity index is 1.99. The van der Waals surface area contributed by atoms with E-state index in [9.17, 15) is 14.7 Å². The summed E-state index contributed by atoms with van der Waals surface area (Å²) >= 11 is 0. The summed E-state index contributed by atoms with van der Waals surface area (Å²) in [6, 6.07) is 7.79. The van der Waals surface area contributed by atoms with Crippen LogP contribution in [0.25, 0.3) is 5.69 Å². The van der Waals surface area contributed by atoms with E-state index in [1.807, 2.05) is 13.8 Å². The minimum Gasteiger partial charge on any atom is -0.394 e. The van der Waals surface area contributed by atoms with E-state index in [0.717, 1.165) is 5.69 Å². The smallest absolute Gasteiger partial charge is 0.319 e. The summed E-state index contributed by atoms with van der Waals surface area (Å²) < 4.78 is 1.59. The summed E-state index contributed by atoms with van der Waals surface area (Å²) in [6.07, 6.45) is 1.63. The van der Waals surface area contributed by atoms with Gasteiger partial charge in [-0.2, -0.15) is 0 Å². The lowest BCUT2D eigenvalue weighted by molar-refractivity contribution is 0.204. The standard InChI is InChI=1S/C15H20N4O3/c1-10(2)13(9-20)17-15(22)16-11-3-5-12(6-4-11)19-8-7-14(21)18-19/h3-8,10,13,20H,9H2,1-2H3,(H,18,21)(H2,16,17,22)/t13-/m1/s1. The highest BCUT2D eigenvalue weighted by atomic mass is 16.3. The lowest BCUT2D eigenvalue weighted by atomic mass is 10.1. The molecule has 2 aromatic rings. The number of nitrogens with one attached hydrogen (secondary N) is 3. The summed E-state index contributed by atoms with van der Waals surface area (Å²) in [7, 11) is 0. The monoisotopic (exact) mass is 304 g/mol. The maximum Gasteiger partial charge on any atom is 0.319 e. The summed E-state index contributed by atoms with van der Waals surface area (Å²) in [5.74, 6) is 0.142. The Morgan fingerprint density at radius 2 is 1.95 bits per heavy atom. The zero-order valence-corrected chi connectivity index (χ0v) is 12.5. The molecule has 1 heterocycles. The van der Waals surface area contributed by atoms with Gasteiger partial charge >= 0.3 is 6.03 Å². The normalized spacial score (nSPS) is 12.2. The predicted molar refractivity (Wildman–Crippen MR) is 84.3 cm³/mol. The Labute approximate surface area is 128 Å². The molecule has 4 N–H and O–H groups in total. The Hall–Kier alpha value is -2.54. The lowest BCUT2D eigenvalue weighted by Gasteiger charge is -2.20. The molecule has 0 aliphatic heterocycles. The largest absolute Gasteiger partial charge is 0.394 e. The van der Waals surface area contributed by atoms with E-state index in [4.69, 9.17) is 0 Å². The van der Waals surface area contributed by atoms with E-state index in [2.05, 4.69) is 15.7 Å². The first-order chi connectivity index (χ1) is 10.5. The van der Waals surface area contributed by atoms with Crippen LogP contribution in [0.5, 0.6) is 0 Å². The maximum atomic E-state index is 11.9. The SMILES string of the molecule is CC(C)[C@@H](CO)NC(=O)Nc1ccc(-n2ccc(=O)[nH]2)cc1. The first-order valence-electron chi connectivity index (χ1n) is 7.06. The van der Waals surface area contributed by atoms with Gasteiger partial charge in [-0.1, -0.05) is 13.8 Å². The molecule has 0 unspecified atom stereocenters. The van der Waals surface area contributed by atoms with Crippen molar-refractivity contribution in [3.63, 3.8) is 0 Å². The Bertz CT molecular complexity index is 673. The lowest BCUT2D eigenvalue weighted by Crippen LogP contribution is -2.43. The number of hydrogen-bond donors (Lipinski definition) is 4. The molecule has 0 spiro atoms. The van der Waals surface area contributed by atoms with Crippen LogP contribution in [0.4, 0.5) is 10.5 Å². The number of hydrogen-bond acceptors (Lipinski definition) is 3. The van der Waals surface area contributed by atoms with Crippen LogP contribution in [0.1, 0.15) is 13.8 Å². The average Bonchev–Trinajstić information content (AvgIpc) is 2.92. The van der Waals surface area contributed by atoms with Crippen LogP contribution in [0, 0.1) is 5.92 Å². The number of H-pyrrole nitrogens is 1. The molecule has 0 fully saturated rings. The Morgan fingerprint density at radius 3 is 2.45 bits per heavy atom. The van der Waals surface area contributed by atoms with Crippen molar-refractivity contribution in [1.82, 2.24) is 15.1 Å². The van der Waals surface area contributed by atoms with Gasteiger partial charge in [0, 0.05) is 18.0 Å². The van der Waals surface area contributed by atoms with Crippen molar-refractivity contribution in [2.24, 2.45) is 5.92 Å². The van der Waals surface area contributed by atoms with Gasteiger partial charge in [0.1, 0.15) is 0 Å². The van der Waals surface area contributed by atoms with E-state index in [-0.39, 0.29) is 30.2 Å². The van der Waals surface area contributed by atoms with Crippen molar-refractivity contribution < 1.29 is 9.90 Å². The molecule has 22 heavy (non-hydrogen) atoms. The van der Waals surface area contributed by atoms with Gasteiger partial charge in [0.05, 0.1) is 18.3 Å². The number of nitrogens with zero attached hydrogens (tertiary/aromatic N) is 1. The van der Waals surface area contributed by atoms with Gasteiger partial charge in [-0.05, 0) is 30.2 Å². The molecule has 2 rings (SSSR count). The van der Waals surface area contributed by atoms with Crippen LogP contribution in [0.2, 0.25) is 0 Å². The number of benzene rings is 1. The van der Waals surface area contributed by atoms with E-state index in [1.54, 1.807) is 35.1 Å². The molecule has 0 radical (unpaired) electrons. The number of aliphatic hydroxyl groups is 1. The third-order valence-electron chi connectivity index (χ3n) is 3.33. The number of aromatic nitrogens is 2. The first kappa shape index (κ1) is 15.8. The number of rotatable bonds is 5. The highest BCUT2D eigenvalue weighted by Gasteiger charge is 2.14. The molecular formula is C15H20N4O3. The molecule has 1 atom stereocenters. The van der Waals surface area contributed by atoms with Crippen molar-refractivity contribution in [2.75, 3.05) is 11.9 Å². The van der Waals surface area contributed by atoms with E-state index in [1.165, 1.54) is 6.07 Å². The van der Waals surface area contributed by atoms with E-state index < -0.39 is 0 Å². The van der Waals surface area contributed by atoms with Crippen LogP contribution in [0.15, 0.2) is 41.3 Å². The molecule has 0 aliphatic carbocycles. The van der Waals surface area contributed by atoms with Gasteiger partial charge in [0.2, 0.25) is 0 Å². The molecule has 0 saturated carbocycles. The molecule has 1 aromatic heterocycles. The van der Waals surface area contributed by atoms with Gasteiger partial charge in [0.25, 0.3) is 5.56 Å². The fourth-order valence-electron chi connectivity index (χ4n) is 1.95. The third-order valence-corrected chi connectivity index (χ3v) is 3.33. The number of amides is 2. The number of aromatic amines is 1. The molecule has 7 heteroatoms. The second-order valence-corrected chi connectivity index (χ2v) is 5.34. The highest BCUT2D eigenvalue weighted by molar-refractivity contribution is 5.89. The third kappa shape index (κ3) is 3.98. The number of aliphatic hydroxyl groups excluding tert-OH is 1. The minimum absolute atomic E-state index is 0.106. The molecule has 118 valence electrons. The molecule has 0 aliphatic rings. The fraction of sp³-hybridized carbons (Fsp3) is 0.333. The summed E-state index contributed by atoms with van der Waals surface area (Å²) in [5.41, 5.74) is 1.23. The van der Waals surface area contributed by atoms with Gasteiger partial charge in [-0.15, -0.1) is 0 Å². The second-order valence-electron chi connectivity index (χ2n) is 5.34. The Morgan fingerprint density at radius 1 is 1.27 bits per heavy atom. The molecule has 0 bridgehead atoms. The zero-order chi connectivity index (χ0) is 16.1. The average molecular weight is 304 g/mol. The molecule has 0 saturated heterocycles. The Kier molecular flexibility index (Phi) is 5.00. The van der Waals surface area contributed by atoms with Crippen molar-refractivity contribution in [2.45, 2.75) is 19.9 Å². The summed E-state index contributed by atoms with van der Waals surface area (Å²) in [4.78, 5) is 23.0. The van der Waals surface area contributed by atoms with Crippen LogP contribution in [0.3, 0.4) is 0 Å². The fourth-order valence-corrected chi connectivity index (χ4v) is 1.95. The van der Waals surface area contributed by atoms with Crippen LogP contribution in [-0.4, -0.2) is 33.6 Å². The number of carbonyl (C=O) groups excluding carboxylic acids is 1. The first-order valence-corrected chi connectivity index (χ1v) is 7.06. The van der Waals surface area contributed by atoms with Crippen LogP contribution >= 0.6 is 0 Å². The minimum atomic E-state index is -0.366. The van der Waals surface area contributed by atoms with E-state index >= 15 is 0 Å². The van der Waals surface area contributed by atoms with Crippen molar-refractivity contribution in [3.05, 3.63) is 46.9 Å². The van der Waals surface area contributed by atoms with Crippen molar-refractivity contribution in [3.8, 4) is 5.69 Å². The number of anilines is 1. The topological polar surface area (TPSA) is 99.1 Å². The predicted octanol–water partition coefficient (Wildman–Crippen LogP) is 1.30. The van der Waals surface area contributed by atoms with Gasteiger partial charge in [0.15, 0.2) is 0 Å².